The SMILES string of the molecule is CN1CCCC12CN(Cc1ccc3c(c1)c1ncnc(Cl)c1n3CC(F)(F)F)C2. The topological polar surface area (TPSA) is 37.2 Å². The minimum Gasteiger partial charge on any atom is -0.327 e. The number of hydrogen-bond donors (Lipinski definition) is 0. The van der Waals surface area contributed by atoms with Crippen LogP contribution in [0.3, 0.4) is 0 Å². The molecule has 2 aliphatic heterocycles. The van der Waals surface area contributed by atoms with Crippen LogP contribution in [-0.4, -0.2) is 62.7 Å². The van der Waals surface area contributed by atoms with Gasteiger partial charge in [0.1, 0.15) is 23.9 Å². The van der Waals surface area contributed by atoms with Crippen molar-refractivity contribution in [3.8, 4) is 0 Å². The van der Waals surface area contributed by atoms with Gasteiger partial charge in [-0.25, -0.2) is 9.97 Å². The number of rotatable bonds is 3. The molecule has 0 aliphatic carbocycles. The van der Waals surface area contributed by atoms with Gasteiger partial charge in [0, 0.05) is 30.6 Å². The van der Waals surface area contributed by atoms with Crippen molar-refractivity contribution in [2.45, 2.75) is 37.6 Å². The highest BCUT2D eigenvalue weighted by atomic mass is 35.5. The summed E-state index contributed by atoms with van der Waals surface area (Å²) in [6, 6.07) is 5.58. The highest BCUT2D eigenvalue weighted by Crippen LogP contribution is 2.38. The number of nitrogens with zero attached hydrogens (tertiary/aromatic N) is 5. The van der Waals surface area contributed by atoms with Crippen molar-refractivity contribution in [1.29, 1.82) is 0 Å². The lowest BCUT2D eigenvalue weighted by Gasteiger charge is -2.52. The summed E-state index contributed by atoms with van der Waals surface area (Å²) < 4.78 is 40.7. The maximum Gasteiger partial charge on any atom is 0.406 e. The van der Waals surface area contributed by atoms with E-state index in [0.29, 0.717) is 22.0 Å². The van der Waals surface area contributed by atoms with Crippen LogP contribution in [0, 0.1) is 0 Å². The zero-order valence-corrected chi connectivity index (χ0v) is 16.8. The first-order valence-corrected chi connectivity index (χ1v) is 10.1. The van der Waals surface area contributed by atoms with Crippen LogP contribution in [0.4, 0.5) is 13.2 Å². The van der Waals surface area contributed by atoms with Gasteiger partial charge < -0.3 is 4.57 Å². The van der Waals surface area contributed by atoms with Crippen LogP contribution in [0.2, 0.25) is 5.15 Å². The van der Waals surface area contributed by atoms with Crippen LogP contribution < -0.4 is 0 Å². The molecule has 0 bridgehead atoms. The van der Waals surface area contributed by atoms with E-state index >= 15 is 0 Å². The molecule has 2 fully saturated rings. The fourth-order valence-electron chi connectivity index (χ4n) is 4.99. The summed E-state index contributed by atoms with van der Waals surface area (Å²) in [7, 11) is 2.19. The van der Waals surface area contributed by atoms with Gasteiger partial charge in [-0.2, -0.15) is 13.2 Å². The molecule has 29 heavy (non-hydrogen) atoms. The van der Waals surface area contributed by atoms with Crippen LogP contribution >= 0.6 is 11.6 Å². The number of alkyl halides is 3. The van der Waals surface area contributed by atoms with Crippen LogP contribution in [0.15, 0.2) is 24.5 Å². The Balaban J connectivity index is 1.49. The molecule has 0 N–H and O–H groups in total. The summed E-state index contributed by atoms with van der Waals surface area (Å²) >= 11 is 6.15. The van der Waals surface area contributed by atoms with Crippen LogP contribution in [0.1, 0.15) is 18.4 Å². The van der Waals surface area contributed by atoms with Crippen molar-refractivity contribution in [1.82, 2.24) is 24.3 Å². The zero-order chi connectivity index (χ0) is 20.4. The Bertz CT molecular complexity index is 1090. The molecule has 154 valence electrons. The second-order valence-electron chi connectivity index (χ2n) is 8.31. The first-order chi connectivity index (χ1) is 13.8. The van der Waals surface area contributed by atoms with E-state index in [4.69, 9.17) is 11.6 Å². The second kappa shape index (κ2) is 6.55. The Morgan fingerprint density at radius 1 is 1.21 bits per heavy atom. The largest absolute Gasteiger partial charge is 0.406 e. The first-order valence-electron chi connectivity index (χ1n) is 9.67. The molecule has 0 saturated carbocycles. The van der Waals surface area contributed by atoms with Crippen LogP contribution in [0.25, 0.3) is 21.9 Å². The number of hydrogen-bond acceptors (Lipinski definition) is 4. The van der Waals surface area contributed by atoms with E-state index in [1.165, 1.54) is 23.7 Å². The maximum absolute atomic E-state index is 13.2. The highest BCUT2D eigenvalue weighted by molar-refractivity contribution is 6.34. The molecule has 0 amide bonds. The van der Waals surface area contributed by atoms with E-state index in [-0.39, 0.29) is 10.7 Å². The quantitative estimate of drug-likeness (QED) is 0.595. The summed E-state index contributed by atoms with van der Waals surface area (Å²) in [5.41, 5.74) is 2.54. The summed E-state index contributed by atoms with van der Waals surface area (Å²) in [4.78, 5) is 13.0. The van der Waals surface area contributed by atoms with Gasteiger partial charge in [-0.15, -0.1) is 0 Å². The van der Waals surface area contributed by atoms with E-state index < -0.39 is 12.7 Å². The standard InChI is InChI=1S/C20H21ClF3N5/c1-27-6-2-5-19(27)9-28(10-19)8-13-3-4-15-14(7-13)16-17(18(21)26-12-25-16)29(15)11-20(22,23)24/h3-4,7,12H,2,5-6,8-11H2,1H3. The molecule has 1 aromatic carbocycles. The fraction of sp³-hybridized carbons (Fsp3) is 0.500. The molecular formula is C20H21ClF3N5. The summed E-state index contributed by atoms with van der Waals surface area (Å²) in [5, 5.41) is 0.713. The Labute approximate surface area is 171 Å². The van der Waals surface area contributed by atoms with E-state index in [0.717, 1.165) is 31.7 Å². The smallest absolute Gasteiger partial charge is 0.327 e. The second-order valence-corrected chi connectivity index (χ2v) is 8.67. The third-order valence-corrected chi connectivity index (χ3v) is 6.66. The number of halogens is 4. The van der Waals surface area contributed by atoms with Gasteiger partial charge in [0.25, 0.3) is 0 Å². The Morgan fingerprint density at radius 2 is 2.00 bits per heavy atom. The predicted octanol–water partition coefficient (Wildman–Crippen LogP) is 4.08. The van der Waals surface area contributed by atoms with Gasteiger partial charge in [-0.3, -0.25) is 9.80 Å². The van der Waals surface area contributed by atoms with Crippen molar-refractivity contribution in [3.63, 3.8) is 0 Å². The van der Waals surface area contributed by atoms with E-state index in [1.807, 2.05) is 12.1 Å². The maximum atomic E-state index is 13.2. The number of likely N-dealkylation sites (tertiary alicyclic amines) is 2. The van der Waals surface area contributed by atoms with Gasteiger partial charge in [0.15, 0.2) is 5.15 Å². The monoisotopic (exact) mass is 423 g/mol. The lowest BCUT2D eigenvalue weighted by atomic mass is 9.87. The van der Waals surface area contributed by atoms with Crippen molar-refractivity contribution in [2.75, 3.05) is 26.7 Å². The number of aromatic nitrogens is 3. The van der Waals surface area contributed by atoms with E-state index in [2.05, 4.69) is 26.8 Å². The molecule has 5 nitrogen and oxygen atoms in total. The zero-order valence-electron chi connectivity index (χ0n) is 16.0. The Kier molecular flexibility index (Phi) is 4.31. The van der Waals surface area contributed by atoms with Gasteiger partial charge >= 0.3 is 6.18 Å². The predicted molar refractivity (Wildman–Crippen MR) is 106 cm³/mol. The molecule has 2 saturated heterocycles. The number of benzene rings is 1. The molecule has 0 radical (unpaired) electrons. The third kappa shape index (κ3) is 3.17. The molecule has 1 spiro atoms. The number of fused-ring (bicyclic) bond motifs is 3. The summed E-state index contributed by atoms with van der Waals surface area (Å²) in [6.45, 7) is 2.87. The first kappa shape index (κ1) is 19.1. The minimum absolute atomic E-state index is 0.0333. The van der Waals surface area contributed by atoms with Gasteiger partial charge in [0.2, 0.25) is 0 Å². The van der Waals surface area contributed by atoms with E-state index in [1.54, 1.807) is 6.07 Å². The van der Waals surface area contributed by atoms with Crippen LogP contribution in [-0.2, 0) is 13.1 Å². The average Bonchev–Trinajstić information content (AvgIpc) is 3.13. The lowest BCUT2D eigenvalue weighted by Crippen LogP contribution is -2.66. The third-order valence-electron chi connectivity index (χ3n) is 6.38. The van der Waals surface area contributed by atoms with Crippen molar-refractivity contribution in [3.05, 3.63) is 35.2 Å². The molecule has 2 aliphatic rings. The van der Waals surface area contributed by atoms with Crippen molar-refractivity contribution in [2.24, 2.45) is 0 Å². The molecule has 9 heteroatoms. The minimum atomic E-state index is -4.37. The van der Waals surface area contributed by atoms with E-state index in [9.17, 15) is 13.2 Å². The average molecular weight is 424 g/mol. The van der Waals surface area contributed by atoms with Gasteiger partial charge in [-0.1, -0.05) is 17.7 Å². The van der Waals surface area contributed by atoms with Crippen molar-refractivity contribution >= 4 is 33.5 Å². The molecule has 3 aromatic rings. The highest BCUT2D eigenvalue weighted by Gasteiger charge is 2.48. The molecular weight excluding hydrogens is 403 g/mol. The number of likely N-dealkylation sites (N-methyl/N-ethyl adjacent to an activating group) is 1. The molecule has 2 aromatic heterocycles. The molecule has 4 heterocycles. The summed E-state index contributed by atoms with van der Waals surface area (Å²) in [6.07, 6.45) is -0.589. The molecule has 0 atom stereocenters. The lowest BCUT2D eigenvalue weighted by molar-refractivity contribution is -0.139. The van der Waals surface area contributed by atoms with Crippen LogP contribution in [0.5, 0.6) is 0 Å². The van der Waals surface area contributed by atoms with Gasteiger partial charge in [-0.05, 0) is 44.1 Å². The van der Waals surface area contributed by atoms with Gasteiger partial charge in [0.05, 0.1) is 5.52 Å². The Morgan fingerprint density at radius 3 is 2.69 bits per heavy atom. The van der Waals surface area contributed by atoms with Crippen molar-refractivity contribution < 1.29 is 13.2 Å². The molecule has 0 unspecified atom stereocenters. The Hall–Kier alpha value is -1.90. The fourth-order valence-corrected chi connectivity index (χ4v) is 5.23. The summed E-state index contributed by atoms with van der Waals surface area (Å²) in [5.74, 6) is 0. The molecule has 5 rings (SSSR count). The normalized spacial score (nSPS) is 20.2.